The molecule has 1 aliphatic rings. The van der Waals surface area contributed by atoms with Crippen LogP contribution in [0.5, 0.6) is 0 Å². The number of carbonyl (C=O) groups is 1. The van der Waals surface area contributed by atoms with E-state index in [9.17, 15) is 4.79 Å². The summed E-state index contributed by atoms with van der Waals surface area (Å²) in [5.41, 5.74) is 1.39. The number of halogens is 2. The molecule has 1 saturated heterocycles. The molecule has 1 aliphatic heterocycles. The minimum Gasteiger partial charge on any atom is -0.350 e. The van der Waals surface area contributed by atoms with E-state index in [0.29, 0.717) is 23.2 Å². The number of piperidine rings is 1. The lowest BCUT2D eigenvalue weighted by molar-refractivity contribution is 0.0857. The van der Waals surface area contributed by atoms with Crippen LogP contribution < -0.4 is 5.32 Å². The van der Waals surface area contributed by atoms with Crippen molar-refractivity contribution in [1.29, 1.82) is 0 Å². The number of rotatable bonds is 5. The molecule has 2 heterocycles. The summed E-state index contributed by atoms with van der Waals surface area (Å²) in [6.07, 6.45) is 7.25. The molecule has 2 unspecified atom stereocenters. The van der Waals surface area contributed by atoms with Crippen LogP contribution in [0.2, 0.25) is 10.0 Å². The summed E-state index contributed by atoms with van der Waals surface area (Å²) in [7, 11) is 0. The van der Waals surface area contributed by atoms with Gasteiger partial charge in [-0.1, -0.05) is 35.7 Å². The van der Waals surface area contributed by atoms with Crippen LogP contribution in [0.4, 0.5) is 0 Å². The Bertz CT molecular complexity index is 797. The Morgan fingerprint density at radius 1 is 1.30 bits per heavy atom. The zero-order chi connectivity index (χ0) is 19.4. The van der Waals surface area contributed by atoms with Crippen molar-refractivity contribution < 1.29 is 4.79 Å². The highest BCUT2D eigenvalue weighted by Crippen LogP contribution is 2.29. The molecule has 1 N–H and O–H groups in total. The lowest BCUT2D eigenvalue weighted by atomic mass is 9.98. The Hall–Kier alpha value is -1.69. The summed E-state index contributed by atoms with van der Waals surface area (Å²) in [6, 6.07) is 5.53. The molecule has 7 heteroatoms. The predicted octanol–water partition coefficient (Wildman–Crippen LogP) is 4.44. The maximum Gasteiger partial charge on any atom is 0.252 e. The third-order valence-electron chi connectivity index (χ3n) is 5.09. The number of hydrogen-bond donors (Lipinski definition) is 1. The predicted molar refractivity (Wildman–Crippen MR) is 108 cm³/mol. The minimum absolute atomic E-state index is 0.0165. The second kappa shape index (κ2) is 9.00. The minimum atomic E-state index is -0.231. The third-order valence-corrected chi connectivity index (χ3v) is 5.91. The standard InChI is InChI=1S/C20H24Cl2N4O/c1-13-6-3-4-9-26(13)18(15-10-23-14(2)24-11-15)12-25-20(27)16-7-5-8-17(21)19(16)22/h5,7-8,10-11,13,18H,3-4,6,9,12H2,1-2H3,(H,25,27). The summed E-state index contributed by atoms with van der Waals surface area (Å²) in [5.74, 6) is 0.504. The molecule has 0 saturated carbocycles. The molecule has 1 aromatic carbocycles. The third kappa shape index (κ3) is 4.78. The van der Waals surface area contributed by atoms with Crippen LogP contribution >= 0.6 is 23.2 Å². The van der Waals surface area contributed by atoms with Crippen LogP contribution in [0, 0.1) is 6.92 Å². The quantitative estimate of drug-likeness (QED) is 0.797. The molecule has 27 heavy (non-hydrogen) atoms. The average Bonchev–Trinajstić information content (AvgIpc) is 2.66. The summed E-state index contributed by atoms with van der Waals surface area (Å²) in [6.45, 7) is 5.55. The zero-order valence-electron chi connectivity index (χ0n) is 15.6. The van der Waals surface area contributed by atoms with Gasteiger partial charge in [-0.25, -0.2) is 9.97 Å². The van der Waals surface area contributed by atoms with Crippen LogP contribution in [0.1, 0.15) is 54.0 Å². The van der Waals surface area contributed by atoms with Crippen molar-refractivity contribution in [2.24, 2.45) is 0 Å². The van der Waals surface area contributed by atoms with Crippen molar-refractivity contribution in [3.8, 4) is 0 Å². The highest BCUT2D eigenvalue weighted by atomic mass is 35.5. The van der Waals surface area contributed by atoms with Crippen LogP contribution in [0.15, 0.2) is 30.6 Å². The van der Waals surface area contributed by atoms with Crippen molar-refractivity contribution in [2.75, 3.05) is 13.1 Å². The topological polar surface area (TPSA) is 58.1 Å². The molecule has 2 atom stereocenters. The Kier molecular flexibility index (Phi) is 6.68. The van der Waals surface area contributed by atoms with Crippen LogP contribution in [-0.4, -0.2) is 39.9 Å². The Labute approximate surface area is 170 Å². The van der Waals surface area contributed by atoms with Gasteiger partial charge in [0.2, 0.25) is 0 Å². The highest BCUT2D eigenvalue weighted by Gasteiger charge is 2.28. The Morgan fingerprint density at radius 3 is 2.74 bits per heavy atom. The van der Waals surface area contributed by atoms with E-state index in [2.05, 4.69) is 27.1 Å². The second-order valence-corrected chi connectivity index (χ2v) is 7.76. The van der Waals surface area contributed by atoms with E-state index < -0.39 is 0 Å². The van der Waals surface area contributed by atoms with Gasteiger partial charge in [0.1, 0.15) is 5.82 Å². The van der Waals surface area contributed by atoms with E-state index in [1.54, 1.807) is 18.2 Å². The molecule has 1 amide bonds. The van der Waals surface area contributed by atoms with Crippen molar-refractivity contribution >= 4 is 29.1 Å². The number of nitrogens with one attached hydrogen (secondary N) is 1. The van der Waals surface area contributed by atoms with E-state index in [-0.39, 0.29) is 17.0 Å². The summed E-state index contributed by atoms with van der Waals surface area (Å²) < 4.78 is 0. The van der Waals surface area contributed by atoms with E-state index in [1.165, 1.54) is 6.42 Å². The number of aromatic nitrogens is 2. The van der Waals surface area contributed by atoms with Gasteiger partial charge in [0.25, 0.3) is 5.91 Å². The number of carbonyl (C=O) groups excluding carboxylic acids is 1. The van der Waals surface area contributed by atoms with E-state index in [4.69, 9.17) is 23.2 Å². The van der Waals surface area contributed by atoms with Gasteiger partial charge in [-0.15, -0.1) is 0 Å². The second-order valence-electron chi connectivity index (χ2n) is 6.97. The fourth-order valence-corrected chi connectivity index (χ4v) is 3.93. The van der Waals surface area contributed by atoms with E-state index >= 15 is 0 Å². The fraction of sp³-hybridized carbons (Fsp3) is 0.450. The van der Waals surface area contributed by atoms with E-state index in [0.717, 1.165) is 30.8 Å². The van der Waals surface area contributed by atoms with Crippen molar-refractivity contribution in [2.45, 2.75) is 45.2 Å². The van der Waals surface area contributed by atoms with Gasteiger partial charge in [-0.05, 0) is 45.4 Å². The molecular weight excluding hydrogens is 383 g/mol. The number of aryl methyl sites for hydroxylation is 1. The molecular formula is C20H24Cl2N4O. The lowest BCUT2D eigenvalue weighted by Gasteiger charge is -2.39. The molecule has 144 valence electrons. The smallest absolute Gasteiger partial charge is 0.252 e. The Morgan fingerprint density at radius 2 is 2.04 bits per heavy atom. The van der Waals surface area contributed by atoms with E-state index in [1.807, 2.05) is 19.3 Å². The van der Waals surface area contributed by atoms with Crippen molar-refractivity contribution in [1.82, 2.24) is 20.2 Å². The van der Waals surface area contributed by atoms with Crippen molar-refractivity contribution in [3.05, 3.63) is 57.6 Å². The molecule has 0 radical (unpaired) electrons. The normalized spacial score (nSPS) is 18.9. The van der Waals surface area contributed by atoms with Crippen LogP contribution in [0.25, 0.3) is 0 Å². The number of likely N-dealkylation sites (tertiary alicyclic amines) is 1. The van der Waals surface area contributed by atoms with Gasteiger partial charge in [0.15, 0.2) is 0 Å². The van der Waals surface area contributed by atoms with Crippen LogP contribution in [0.3, 0.4) is 0 Å². The first kappa shape index (κ1) is 20.1. The van der Waals surface area contributed by atoms with Gasteiger partial charge in [-0.3, -0.25) is 9.69 Å². The van der Waals surface area contributed by atoms with Gasteiger partial charge < -0.3 is 5.32 Å². The monoisotopic (exact) mass is 406 g/mol. The fourth-order valence-electron chi connectivity index (χ4n) is 3.55. The first-order chi connectivity index (χ1) is 13.0. The zero-order valence-corrected chi connectivity index (χ0v) is 17.1. The molecule has 0 spiro atoms. The van der Waals surface area contributed by atoms with Gasteiger partial charge >= 0.3 is 0 Å². The highest BCUT2D eigenvalue weighted by molar-refractivity contribution is 6.43. The number of amides is 1. The Balaban J connectivity index is 1.79. The van der Waals surface area contributed by atoms with Gasteiger partial charge in [-0.2, -0.15) is 0 Å². The van der Waals surface area contributed by atoms with Crippen molar-refractivity contribution in [3.63, 3.8) is 0 Å². The molecule has 3 rings (SSSR count). The molecule has 0 aliphatic carbocycles. The lowest BCUT2D eigenvalue weighted by Crippen LogP contribution is -2.45. The number of hydrogen-bond acceptors (Lipinski definition) is 4. The summed E-state index contributed by atoms with van der Waals surface area (Å²) >= 11 is 12.2. The number of nitrogens with zero attached hydrogens (tertiary/aromatic N) is 3. The maximum atomic E-state index is 12.7. The largest absolute Gasteiger partial charge is 0.350 e. The average molecular weight is 407 g/mol. The first-order valence-corrected chi connectivity index (χ1v) is 9.99. The summed E-state index contributed by atoms with van der Waals surface area (Å²) in [5, 5.41) is 3.67. The SMILES string of the molecule is Cc1ncc(C(CNC(=O)c2cccc(Cl)c2Cl)N2CCCCC2C)cn1. The van der Waals surface area contributed by atoms with Crippen LogP contribution in [-0.2, 0) is 0 Å². The molecule has 5 nitrogen and oxygen atoms in total. The van der Waals surface area contributed by atoms with Gasteiger partial charge in [0.05, 0.1) is 21.7 Å². The molecule has 1 fully saturated rings. The van der Waals surface area contributed by atoms with Gasteiger partial charge in [0, 0.05) is 30.5 Å². The molecule has 1 aromatic heterocycles. The summed E-state index contributed by atoms with van der Waals surface area (Å²) in [4.78, 5) is 23.8. The maximum absolute atomic E-state index is 12.7. The number of benzene rings is 1. The molecule has 0 bridgehead atoms. The first-order valence-electron chi connectivity index (χ1n) is 9.24. The molecule has 2 aromatic rings.